The van der Waals surface area contributed by atoms with Gasteiger partial charge in [-0.15, -0.1) is 0 Å². The van der Waals surface area contributed by atoms with Crippen molar-refractivity contribution >= 4 is 17.8 Å². The first-order chi connectivity index (χ1) is 14.3. The second-order valence-corrected chi connectivity index (χ2v) is 7.01. The molecular formula is C22H20N4O3. The van der Waals surface area contributed by atoms with E-state index in [0.717, 1.165) is 66.7 Å². The number of piperazine rings is 1. The third-order valence-electron chi connectivity index (χ3n) is 5.32. The maximum atomic E-state index is 10.9. The van der Waals surface area contributed by atoms with Gasteiger partial charge in [-0.25, -0.2) is 9.97 Å². The number of aldehydes is 1. The fourth-order valence-corrected chi connectivity index (χ4v) is 3.69. The quantitative estimate of drug-likeness (QED) is 0.637. The highest BCUT2D eigenvalue weighted by Gasteiger charge is 2.21. The summed E-state index contributed by atoms with van der Waals surface area (Å²) >= 11 is 0. The van der Waals surface area contributed by atoms with Crippen LogP contribution in [0.4, 0.5) is 11.5 Å². The van der Waals surface area contributed by atoms with Crippen molar-refractivity contribution in [3.63, 3.8) is 0 Å². The summed E-state index contributed by atoms with van der Waals surface area (Å²) in [5, 5.41) is 0. The molecule has 0 bridgehead atoms. The molecule has 0 unspecified atom stereocenters. The zero-order valence-electron chi connectivity index (χ0n) is 15.8. The molecule has 0 amide bonds. The van der Waals surface area contributed by atoms with E-state index >= 15 is 0 Å². The molecule has 1 fully saturated rings. The van der Waals surface area contributed by atoms with Crippen molar-refractivity contribution in [3.05, 3.63) is 60.4 Å². The smallest absolute Gasteiger partial charge is 0.231 e. The molecule has 1 aromatic heterocycles. The van der Waals surface area contributed by atoms with Gasteiger partial charge in [0.25, 0.3) is 0 Å². The molecule has 2 aliphatic heterocycles. The van der Waals surface area contributed by atoms with Crippen molar-refractivity contribution in [3.8, 4) is 22.8 Å². The molecule has 0 atom stereocenters. The Kier molecular flexibility index (Phi) is 4.48. The Hall–Kier alpha value is -3.61. The van der Waals surface area contributed by atoms with Gasteiger partial charge in [0.1, 0.15) is 18.4 Å². The molecule has 0 aliphatic carbocycles. The first kappa shape index (κ1) is 17.5. The second kappa shape index (κ2) is 7.43. The van der Waals surface area contributed by atoms with Crippen LogP contribution < -0.4 is 19.3 Å². The molecule has 3 heterocycles. The maximum absolute atomic E-state index is 10.9. The van der Waals surface area contributed by atoms with Gasteiger partial charge in [0, 0.05) is 55.1 Å². The predicted octanol–water partition coefficient (Wildman–Crippen LogP) is 3.01. The molecule has 0 radical (unpaired) electrons. The number of carbonyl (C=O) groups is 1. The highest BCUT2D eigenvalue weighted by atomic mass is 16.7. The van der Waals surface area contributed by atoms with E-state index in [-0.39, 0.29) is 0 Å². The Bertz CT molecular complexity index is 1030. The van der Waals surface area contributed by atoms with Gasteiger partial charge in [0.15, 0.2) is 11.5 Å². The Balaban J connectivity index is 1.29. The van der Waals surface area contributed by atoms with Crippen LogP contribution in [0.25, 0.3) is 11.3 Å². The highest BCUT2D eigenvalue weighted by molar-refractivity contribution is 5.76. The lowest BCUT2D eigenvalue weighted by molar-refractivity contribution is 0.112. The number of hydrogen-bond acceptors (Lipinski definition) is 7. The number of aromatic nitrogens is 2. The minimum absolute atomic E-state index is 0.292. The van der Waals surface area contributed by atoms with Crippen LogP contribution in [0.1, 0.15) is 10.4 Å². The van der Waals surface area contributed by atoms with Crippen molar-refractivity contribution in [2.24, 2.45) is 0 Å². The van der Waals surface area contributed by atoms with Gasteiger partial charge in [-0.1, -0.05) is 24.3 Å². The van der Waals surface area contributed by atoms with E-state index in [0.29, 0.717) is 12.4 Å². The molecule has 0 N–H and O–H groups in total. The molecule has 2 aliphatic rings. The summed E-state index contributed by atoms with van der Waals surface area (Å²) in [4.78, 5) is 24.3. The van der Waals surface area contributed by atoms with Gasteiger partial charge in [-0.2, -0.15) is 0 Å². The highest BCUT2D eigenvalue weighted by Crippen LogP contribution is 2.35. The van der Waals surface area contributed by atoms with Crippen LogP contribution in [0.3, 0.4) is 0 Å². The Labute approximate surface area is 168 Å². The summed E-state index contributed by atoms with van der Waals surface area (Å²) in [6.07, 6.45) is 2.44. The Morgan fingerprint density at radius 1 is 0.828 bits per heavy atom. The lowest BCUT2D eigenvalue weighted by atomic mass is 10.1. The molecule has 1 saturated heterocycles. The molecule has 2 aromatic carbocycles. The van der Waals surface area contributed by atoms with Crippen LogP contribution in [0.5, 0.6) is 11.5 Å². The van der Waals surface area contributed by atoms with E-state index in [1.54, 1.807) is 18.5 Å². The van der Waals surface area contributed by atoms with E-state index in [1.807, 2.05) is 30.3 Å². The van der Waals surface area contributed by atoms with Crippen LogP contribution >= 0.6 is 0 Å². The Morgan fingerprint density at radius 2 is 1.59 bits per heavy atom. The average molecular weight is 388 g/mol. The van der Waals surface area contributed by atoms with Crippen LogP contribution in [-0.4, -0.2) is 49.2 Å². The molecule has 3 aromatic rings. The fourth-order valence-electron chi connectivity index (χ4n) is 3.69. The lowest BCUT2D eigenvalue weighted by Gasteiger charge is -2.36. The number of hydrogen-bond donors (Lipinski definition) is 0. The van der Waals surface area contributed by atoms with Gasteiger partial charge >= 0.3 is 0 Å². The first-order valence-electron chi connectivity index (χ1n) is 9.57. The lowest BCUT2D eigenvalue weighted by Crippen LogP contribution is -2.46. The van der Waals surface area contributed by atoms with Gasteiger partial charge in [0.2, 0.25) is 6.79 Å². The van der Waals surface area contributed by atoms with E-state index in [2.05, 4.69) is 25.8 Å². The maximum Gasteiger partial charge on any atom is 0.231 e. The number of carbonyl (C=O) groups excluding carboxylic acids is 1. The molecule has 29 heavy (non-hydrogen) atoms. The molecule has 0 saturated carbocycles. The van der Waals surface area contributed by atoms with Crippen LogP contribution in [0.2, 0.25) is 0 Å². The zero-order chi connectivity index (χ0) is 19.6. The number of anilines is 2. The third-order valence-corrected chi connectivity index (χ3v) is 5.32. The standard InChI is InChI=1S/C22H20N4O3/c27-13-16-1-3-17(4-2-16)19-12-22(24-14-23-19)26-9-7-25(8-10-26)18-5-6-20-21(11-18)29-15-28-20/h1-6,11-14H,7-10,15H2. The van der Waals surface area contributed by atoms with Gasteiger partial charge in [-0.3, -0.25) is 4.79 Å². The molecule has 7 nitrogen and oxygen atoms in total. The number of rotatable bonds is 4. The molecule has 146 valence electrons. The minimum Gasteiger partial charge on any atom is -0.454 e. The van der Waals surface area contributed by atoms with Crippen molar-refractivity contribution < 1.29 is 14.3 Å². The van der Waals surface area contributed by atoms with E-state index in [4.69, 9.17) is 9.47 Å². The number of ether oxygens (including phenoxy) is 2. The van der Waals surface area contributed by atoms with Crippen molar-refractivity contribution in [1.29, 1.82) is 0 Å². The summed E-state index contributed by atoms with van der Waals surface area (Å²) in [6, 6.07) is 15.5. The molecule has 7 heteroatoms. The summed E-state index contributed by atoms with van der Waals surface area (Å²) in [6.45, 7) is 3.82. The van der Waals surface area contributed by atoms with Gasteiger partial charge in [0.05, 0.1) is 5.69 Å². The molecular weight excluding hydrogens is 368 g/mol. The third kappa shape index (κ3) is 3.47. The molecule has 5 rings (SSSR count). The largest absolute Gasteiger partial charge is 0.454 e. The fraction of sp³-hybridized carbons (Fsp3) is 0.227. The van der Waals surface area contributed by atoms with Crippen LogP contribution in [0, 0.1) is 0 Å². The number of fused-ring (bicyclic) bond motifs is 1. The summed E-state index contributed by atoms with van der Waals surface area (Å²) in [5.41, 5.74) is 3.62. The van der Waals surface area contributed by atoms with Gasteiger partial charge in [-0.05, 0) is 12.1 Å². The number of benzene rings is 2. The van der Waals surface area contributed by atoms with E-state index in [9.17, 15) is 4.79 Å². The summed E-state index contributed by atoms with van der Waals surface area (Å²) < 4.78 is 10.9. The minimum atomic E-state index is 0.292. The van der Waals surface area contributed by atoms with E-state index in [1.165, 1.54) is 0 Å². The first-order valence-corrected chi connectivity index (χ1v) is 9.57. The number of nitrogens with zero attached hydrogens (tertiary/aromatic N) is 4. The topological polar surface area (TPSA) is 67.8 Å². The zero-order valence-corrected chi connectivity index (χ0v) is 15.8. The summed E-state index contributed by atoms with van der Waals surface area (Å²) in [5.74, 6) is 2.54. The van der Waals surface area contributed by atoms with Crippen molar-refractivity contribution in [1.82, 2.24) is 9.97 Å². The van der Waals surface area contributed by atoms with Crippen LogP contribution in [-0.2, 0) is 0 Å². The van der Waals surface area contributed by atoms with E-state index < -0.39 is 0 Å². The predicted molar refractivity (Wildman–Crippen MR) is 110 cm³/mol. The monoisotopic (exact) mass is 388 g/mol. The Morgan fingerprint density at radius 3 is 2.38 bits per heavy atom. The molecule has 0 spiro atoms. The van der Waals surface area contributed by atoms with Gasteiger partial charge < -0.3 is 19.3 Å². The van der Waals surface area contributed by atoms with Crippen molar-refractivity contribution in [2.45, 2.75) is 0 Å². The second-order valence-electron chi connectivity index (χ2n) is 7.01. The summed E-state index contributed by atoms with van der Waals surface area (Å²) in [7, 11) is 0. The van der Waals surface area contributed by atoms with Crippen LogP contribution in [0.15, 0.2) is 54.9 Å². The average Bonchev–Trinajstić information content (AvgIpc) is 3.27. The SMILES string of the molecule is O=Cc1ccc(-c2cc(N3CCN(c4ccc5c(c4)OCO5)CC3)ncn2)cc1. The van der Waals surface area contributed by atoms with Crippen molar-refractivity contribution in [2.75, 3.05) is 42.8 Å². The normalized spacial score (nSPS) is 15.4.